The van der Waals surface area contributed by atoms with E-state index in [-0.39, 0.29) is 24.3 Å². The van der Waals surface area contributed by atoms with Crippen LogP contribution in [0.3, 0.4) is 0 Å². The van der Waals surface area contributed by atoms with Crippen molar-refractivity contribution in [3.63, 3.8) is 0 Å². The minimum absolute atomic E-state index is 0. The zero-order valence-corrected chi connectivity index (χ0v) is 8.98. The molecule has 0 aliphatic heterocycles. The van der Waals surface area contributed by atoms with Crippen LogP contribution >= 0.6 is 12.4 Å². The predicted molar refractivity (Wildman–Crippen MR) is 58.2 cm³/mol. The van der Waals surface area contributed by atoms with E-state index in [0.29, 0.717) is 11.5 Å². The van der Waals surface area contributed by atoms with Crippen molar-refractivity contribution in [1.29, 1.82) is 0 Å². The maximum atomic E-state index is 13.2. The lowest BCUT2D eigenvalue weighted by Crippen LogP contribution is -2.07. The van der Waals surface area contributed by atoms with Gasteiger partial charge in [-0.15, -0.1) is 12.4 Å². The molecule has 1 saturated carbocycles. The third-order valence-corrected chi connectivity index (χ3v) is 2.56. The standard InChI is InChI=1S/C11H14FN.ClH/c1-7(13)10-6-9(8-2-3-8)4-5-11(10)12;/h4-8H,2-3,13H2,1H3;1H/t7-;/m0./s1. The Balaban J connectivity index is 0.000000980. The van der Waals surface area contributed by atoms with Gasteiger partial charge >= 0.3 is 0 Å². The summed E-state index contributed by atoms with van der Waals surface area (Å²) in [6, 6.07) is 5.11. The van der Waals surface area contributed by atoms with Gasteiger partial charge in [0.15, 0.2) is 0 Å². The topological polar surface area (TPSA) is 26.0 Å². The molecule has 14 heavy (non-hydrogen) atoms. The van der Waals surface area contributed by atoms with Gasteiger partial charge in [0.05, 0.1) is 0 Å². The molecule has 1 atom stereocenters. The van der Waals surface area contributed by atoms with E-state index in [4.69, 9.17) is 5.73 Å². The average molecular weight is 216 g/mol. The van der Waals surface area contributed by atoms with Gasteiger partial charge in [-0.1, -0.05) is 12.1 Å². The number of benzene rings is 1. The fraction of sp³-hybridized carbons (Fsp3) is 0.455. The molecule has 0 radical (unpaired) electrons. The Morgan fingerprint density at radius 2 is 2.07 bits per heavy atom. The lowest BCUT2D eigenvalue weighted by molar-refractivity contribution is 0.592. The second-order valence-electron chi connectivity index (χ2n) is 3.84. The molecule has 1 fully saturated rings. The maximum Gasteiger partial charge on any atom is 0.127 e. The first-order valence-corrected chi connectivity index (χ1v) is 4.73. The van der Waals surface area contributed by atoms with Gasteiger partial charge in [0.25, 0.3) is 0 Å². The molecule has 1 aliphatic rings. The van der Waals surface area contributed by atoms with E-state index < -0.39 is 0 Å². The first-order chi connectivity index (χ1) is 6.18. The summed E-state index contributed by atoms with van der Waals surface area (Å²) in [6.07, 6.45) is 2.48. The lowest BCUT2D eigenvalue weighted by Gasteiger charge is -2.08. The normalized spacial score (nSPS) is 17.4. The SMILES string of the molecule is C[C@H](N)c1cc(C2CC2)ccc1F.Cl. The minimum atomic E-state index is -0.210. The number of hydrogen-bond donors (Lipinski definition) is 1. The third kappa shape index (κ3) is 2.25. The Bertz CT molecular complexity index is 321. The highest BCUT2D eigenvalue weighted by Gasteiger charge is 2.24. The predicted octanol–water partition coefficient (Wildman–Crippen LogP) is 3.14. The summed E-state index contributed by atoms with van der Waals surface area (Å²) in [5.74, 6) is 0.484. The van der Waals surface area contributed by atoms with Crippen molar-refractivity contribution in [2.45, 2.75) is 31.7 Å². The number of nitrogens with two attached hydrogens (primary N) is 1. The molecule has 3 heteroatoms. The molecule has 0 bridgehead atoms. The summed E-state index contributed by atoms with van der Waals surface area (Å²) < 4.78 is 13.2. The molecular weight excluding hydrogens is 201 g/mol. The van der Waals surface area contributed by atoms with E-state index in [2.05, 4.69) is 0 Å². The van der Waals surface area contributed by atoms with Gasteiger partial charge in [-0.2, -0.15) is 0 Å². The van der Waals surface area contributed by atoms with E-state index in [0.717, 1.165) is 0 Å². The van der Waals surface area contributed by atoms with Gasteiger partial charge in [-0.25, -0.2) is 4.39 Å². The second kappa shape index (κ2) is 4.28. The van der Waals surface area contributed by atoms with E-state index in [1.54, 1.807) is 0 Å². The molecule has 0 heterocycles. The van der Waals surface area contributed by atoms with E-state index in [1.165, 1.54) is 24.5 Å². The van der Waals surface area contributed by atoms with Crippen LogP contribution in [0.25, 0.3) is 0 Å². The summed E-state index contributed by atoms with van der Waals surface area (Å²) in [7, 11) is 0. The average Bonchev–Trinajstić information content (AvgIpc) is 2.87. The van der Waals surface area contributed by atoms with Crippen LogP contribution < -0.4 is 5.73 Å². The highest BCUT2D eigenvalue weighted by molar-refractivity contribution is 5.85. The smallest absolute Gasteiger partial charge is 0.127 e. The van der Waals surface area contributed by atoms with Crippen molar-refractivity contribution in [1.82, 2.24) is 0 Å². The quantitative estimate of drug-likeness (QED) is 0.806. The van der Waals surface area contributed by atoms with Crippen molar-refractivity contribution < 1.29 is 4.39 Å². The lowest BCUT2D eigenvalue weighted by atomic mass is 10.0. The highest BCUT2D eigenvalue weighted by atomic mass is 35.5. The van der Waals surface area contributed by atoms with Crippen molar-refractivity contribution in [3.05, 3.63) is 35.1 Å². The zero-order valence-electron chi connectivity index (χ0n) is 8.16. The summed E-state index contributed by atoms with van der Waals surface area (Å²) in [5.41, 5.74) is 7.55. The van der Waals surface area contributed by atoms with E-state index in [9.17, 15) is 4.39 Å². The molecule has 1 aliphatic carbocycles. The van der Waals surface area contributed by atoms with Crippen LogP contribution in [0.15, 0.2) is 18.2 Å². The fourth-order valence-electron chi connectivity index (χ4n) is 1.58. The van der Waals surface area contributed by atoms with Crippen LogP contribution in [0.4, 0.5) is 4.39 Å². The van der Waals surface area contributed by atoms with Gasteiger partial charge in [-0.3, -0.25) is 0 Å². The molecule has 1 nitrogen and oxygen atoms in total. The molecule has 0 saturated heterocycles. The van der Waals surface area contributed by atoms with Crippen LogP contribution in [0.1, 0.15) is 42.9 Å². The molecule has 0 unspecified atom stereocenters. The van der Waals surface area contributed by atoms with Crippen LogP contribution in [0.5, 0.6) is 0 Å². The molecule has 0 spiro atoms. The molecule has 2 rings (SSSR count). The zero-order chi connectivity index (χ0) is 9.42. The summed E-state index contributed by atoms with van der Waals surface area (Å²) >= 11 is 0. The Kier molecular flexibility index (Phi) is 3.51. The largest absolute Gasteiger partial charge is 0.324 e. The number of hydrogen-bond acceptors (Lipinski definition) is 1. The maximum absolute atomic E-state index is 13.2. The van der Waals surface area contributed by atoms with Gasteiger partial charge in [0.1, 0.15) is 5.82 Å². The molecule has 1 aromatic rings. The van der Waals surface area contributed by atoms with Crippen molar-refractivity contribution in [3.8, 4) is 0 Å². The van der Waals surface area contributed by atoms with Crippen molar-refractivity contribution in [2.75, 3.05) is 0 Å². The third-order valence-electron chi connectivity index (χ3n) is 2.56. The van der Waals surface area contributed by atoms with Crippen molar-refractivity contribution in [2.24, 2.45) is 5.73 Å². The van der Waals surface area contributed by atoms with Gasteiger partial charge in [0, 0.05) is 11.6 Å². The van der Waals surface area contributed by atoms with E-state index >= 15 is 0 Å². The first kappa shape index (κ1) is 11.5. The van der Waals surface area contributed by atoms with Gasteiger partial charge in [0.2, 0.25) is 0 Å². The summed E-state index contributed by atoms with van der Waals surface area (Å²) in [5, 5.41) is 0. The minimum Gasteiger partial charge on any atom is -0.324 e. The molecule has 2 N–H and O–H groups in total. The fourth-order valence-corrected chi connectivity index (χ4v) is 1.58. The molecule has 0 aromatic heterocycles. The van der Waals surface area contributed by atoms with Crippen LogP contribution in [-0.2, 0) is 0 Å². The monoisotopic (exact) mass is 215 g/mol. The highest BCUT2D eigenvalue weighted by Crippen LogP contribution is 2.40. The van der Waals surface area contributed by atoms with Crippen molar-refractivity contribution >= 4 is 12.4 Å². The molecule has 78 valence electrons. The summed E-state index contributed by atoms with van der Waals surface area (Å²) in [4.78, 5) is 0. The Labute approximate surface area is 89.9 Å². The Morgan fingerprint density at radius 3 is 2.57 bits per heavy atom. The Morgan fingerprint density at radius 1 is 1.43 bits per heavy atom. The second-order valence-corrected chi connectivity index (χ2v) is 3.84. The summed E-state index contributed by atoms with van der Waals surface area (Å²) in [6.45, 7) is 1.81. The number of halogens is 2. The number of rotatable bonds is 2. The van der Waals surface area contributed by atoms with Crippen LogP contribution in [0, 0.1) is 5.82 Å². The van der Waals surface area contributed by atoms with E-state index in [1.807, 2.05) is 19.1 Å². The van der Waals surface area contributed by atoms with Gasteiger partial charge < -0.3 is 5.73 Å². The first-order valence-electron chi connectivity index (χ1n) is 4.73. The van der Waals surface area contributed by atoms with Gasteiger partial charge in [-0.05, 0) is 37.3 Å². The molecule has 0 amide bonds. The Hall–Kier alpha value is -0.600. The molecular formula is C11H15ClFN. The van der Waals surface area contributed by atoms with Crippen LogP contribution in [0.2, 0.25) is 0 Å². The molecule has 1 aromatic carbocycles. The van der Waals surface area contributed by atoms with Crippen LogP contribution in [-0.4, -0.2) is 0 Å².